The highest BCUT2D eigenvalue weighted by molar-refractivity contribution is 9.10. The van der Waals surface area contributed by atoms with Crippen LogP contribution in [0.5, 0.6) is 5.75 Å². The third-order valence-electron chi connectivity index (χ3n) is 4.07. The molecule has 0 atom stereocenters. The fourth-order valence-corrected chi connectivity index (χ4v) is 3.32. The molecule has 134 valence electrons. The predicted octanol–water partition coefficient (Wildman–Crippen LogP) is 4.41. The summed E-state index contributed by atoms with van der Waals surface area (Å²) in [6.07, 6.45) is 1.78. The number of hydrogen-bond acceptors (Lipinski definition) is 3. The van der Waals surface area contributed by atoms with Crippen LogP contribution in [0.1, 0.15) is 23.6 Å². The molecule has 1 aliphatic rings. The number of halogens is 1. The first kappa shape index (κ1) is 18.6. The molecule has 6 heteroatoms. The summed E-state index contributed by atoms with van der Waals surface area (Å²) in [6.45, 7) is 4.94. The lowest BCUT2D eigenvalue weighted by Crippen LogP contribution is -2.30. The molecule has 26 heavy (non-hydrogen) atoms. The Kier molecular flexibility index (Phi) is 5.74. The van der Waals surface area contributed by atoms with E-state index >= 15 is 0 Å². The molecule has 2 aromatic rings. The number of benzene rings is 2. The molecule has 1 heterocycles. The quantitative estimate of drug-likeness (QED) is 0.563. The van der Waals surface area contributed by atoms with Gasteiger partial charge in [-0.15, -0.1) is 0 Å². The number of nitrogens with zero attached hydrogens (tertiary/aromatic N) is 1. The Bertz CT molecular complexity index is 878. The lowest BCUT2D eigenvalue weighted by molar-refractivity contribution is -0.122. The first-order chi connectivity index (χ1) is 12.5. The predicted molar refractivity (Wildman–Crippen MR) is 111 cm³/mol. The second-order valence-corrected chi connectivity index (χ2v) is 7.30. The van der Waals surface area contributed by atoms with Crippen molar-refractivity contribution in [1.29, 1.82) is 0 Å². The highest BCUT2D eigenvalue weighted by Gasteiger charge is 2.29. The Hall–Kier alpha value is -2.18. The molecule has 0 radical (unpaired) electrons. The van der Waals surface area contributed by atoms with E-state index in [1.54, 1.807) is 6.08 Å². The van der Waals surface area contributed by atoms with Crippen LogP contribution in [0.3, 0.4) is 0 Å². The molecule has 1 fully saturated rings. The normalized spacial score (nSPS) is 15.5. The van der Waals surface area contributed by atoms with Gasteiger partial charge in [0.25, 0.3) is 5.91 Å². The summed E-state index contributed by atoms with van der Waals surface area (Å²) in [5, 5.41) is 3.41. The summed E-state index contributed by atoms with van der Waals surface area (Å²) < 4.78 is 6.90. The Morgan fingerprint density at radius 1 is 1.23 bits per heavy atom. The minimum Gasteiger partial charge on any atom is -0.488 e. The van der Waals surface area contributed by atoms with Crippen molar-refractivity contribution in [3.05, 3.63) is 69.3 Å². The molecule has 1 amide bonds. The molecule has 1 saturated heterocycles. The number of nitrogens with one attached hydrogen (secondary N) is 1. The Morgan fingerprint density at radius 2 is 1.96 bits per heavy atom. The number of thiocarbonyl (C=S) groups is 1. The summed E-state index contributed by atoms with van der Waals surface area (Å²) in [6, 6.07) is 13.9. The molecule has 0 saturated carbocycles. The lowest BCUT2D eigenvalue weighted by Gasteiger charge is -2.11. The molecular formula is C20H19BrN2O2S. The fourth-order valence-electron chi connectivity index (χ4n) is 2.62. The zero-order chi connectivity index (χ0) is 18.7. The number of rotatable bonds is 5. The van der Waals surface area contributed by atoms with Crippen molar-refractivity contribution >= 4 is 45.2 Å². The molecule has 1 N–H and O–H groups in total. The van der Waals surface area contributed by atoms with Crippen LogP contribution in [-0.4, -0.2) is 22.5 Å². The van der Waals surface area contributed by atoms with E-state index in [-0.39, 0.29) is 5.91 Å². The van der Waals surface area contributed by atoms with Gasteiger partial charge in [-0.05, 0) is 55.9 Å². The van der Waals surface area contributed by atoms with Gasteiger partial charge in [0.05, 0.1) is 0 Å². The molecule has 0 aliphatic carbocycles. The maximum atomic E-state index is 12.4. The van der Waals surface area contributed by atoms with Crippen molar-refractivity contribution in [2.24, 2.45) is 0 Å². The SMILES string of the molecule is CCN1C(=O)C(=Cc2cc(Br)ccc2OCc2ccc(C)cc2)NC1=S. The average Bonchev–Trinajstić information content (AvgIpc) is 2.88. The standard InChI is InChI=1S/C20H19BrN2O2S/c1-3-23-19(24)17(22-20(23)26)11-15-10-16(21)8-9-18(15)25-12-14-6-4-13(2)5-7-14/h4-11H,3,12H2,1-2H3,(H,22,26). The van der Waals surface area contributed by atoms with Gasteiger partial charge in [-0.25, -0.2) is 0 Å². The van der Waals surface area contributed by atoms with Gasteiger partial charge in [-0.3, -0.25) is 9.69 Å². The highest BCUT2D eigenvalue weighted by Crippen LogP contribution is 2.27. The van der Waals surface area contributed by atoms with Crippen LogP contribution in [-0.2, 0) is 11.4 Å². The van der Waals surface area contributed by atoms with E-state index in [0.29, 0.717) is 29.7 Å². The lowest BCUT2D eigenvalue weighted by atomic mass is 10.1. The minimum absolute atomic E-state index is 0.123. The zero-order valence-corrected chi connectivity index (χ0v) is 17.0. The average molecular weight is 431 g/mol. The van der Waals surface area contributed by atoms with Crippen LogP contribution in [0.4, 0.5) is 0 Å². The van der Waals surface area contributed by atoms with Crippen LogP contribution in [0, 0.1) is 6.92 Å². The summed E-state index contributed by atoms with van der Waals surface area (Å²) in [5.74, 6) is 0.582. The van der Waals surface area contributed by atoms with Crippen molar-refractivity contribution in [1.82, 2.24) is 10.2 Å². The zero-order valence-electron chi connectivity index (χ0n) is 14.6. The van der Waals surface area contributed by atoms with Crippen molar-refractivity contribution in [2.75, 3.05) is 6.54 Å². The third-order valence-corrected chi connectivity index (χ3v) is 4.88. The second kappa shape index (κ2) is 8.01. The molecule has 2 aromatic carbocycles. The minimum atomic E-state index is -0.123. The van der Waals surface area contributed by atoms with Crippen molar-refractivity contribution in [3.8, 4) is 5.75 Å². The van der Waals surface area contributed by atoms with E-state index in [1.807, 2.05) is 37.3 Å². The molecule has 0 bridgehead atoms. The summed E-state index contributed by atoms with van der Waals surface area (Å²) >= 11 is 8.68. The number of carbonyl (C=O) groups excluding carboxylic acids is 1. The molecule has 1 aliphatic heterocycles. The van der Waals surface area contributed by atoms with Gasteiger partial charge in [-0.1, -0.05) is 45.8 Å². The van der Waals surface area contributed by atoms with E-state index in [9.17, 15) is 4.79 Å². The van der Waals surface area contributed by atoms with E-state index in [1.165, 1.54) is 10.5 Å². The number of likely N-dealkylation sites (N-methyl/N-ethyl adjacent to an activating group) is 1. The Labute approximate surface area is 167 Å². The molecule has 4 nitrogen and oxygen atoms in total. The summed E-state index contributed by atoms with van der Waals surface area (Å²) in [4.78, 5) is 13.9. The van der Waals surface area contributed by atoms with Crippen LogP contribution in [0.25, 0.3) is 6.08 Å². The molecule has 0 spiro atoms. The fraction of sp³-hybridized carbons (Fsp3) is 0.200. The van der Waals surface area contributed by atoms with Crippen LogP contribution in [0.2, 0.25) is 0 Å². The topological polar surface area (TPSA) is 41.6 Å². The first-order valence-electron chi connectivity index (χ1n) is 8.30. The Balaban J connectivity index is 1.84. The summed E-state index contributed by atoms with van der Waals surface area (Å²) in [7, 11) is 0. The van der Waals surface area contributed by atoms with Gasteiger partial charge in [0.15, 0.2) is 5.11 Å². The molecule has 3 rings (SSSR count). The number of ether oxygens (including phenoxy) is 1. The van der Waals surface area contributed by atoms with E-state index in [4.69, 9.17) is 17.0 Å². The van der Waals surface area contributed by atoms with Gasteiger partial charge in [-0.2, -0.15) is 0 Å². The summed E-state index contributed by atoms with van der Waals surface area (Å²) in [5.41, 5.74) is 3.56. The van der Waals surface area contributed by atoms with Crippen LogP contribution >= 0.6 is 28.1 Å². The van der Waals surface area contributed by atoms with Crippen LogP contribution in [0.15, 0.2) is 52.6 Å². The third kappa shape index (κ3) is 4.14. The van der Waals surface area contributed by atoms with E-state index in [2.05, 4.69) is 40.3 Å². The highest BCUT2D eigenvalue weighted by atomic mass is 79.9. The van der Waals surface area contributed by atoms with Crippen molar-refractivity contribution in [3.63, 3.8) is 0 Å². The smallest absolute Gasteiger partial charge is 0.276 e. The van der Waals surface area contributed by atoms with Gasteiger partial charge < -0.3 is 10.1 Å². The van der Waals surface area contributed by atoms with Gasteiger partial charge in [0.1, 0.15) is 18.1 Å². The second-order valence-electron chi connectivity index (χ2n) is 5.99. The monoisotopic (exact) mass is 430 g/mol. The van der Waals surface area contributed by atoms with Gasteiger partial charge in [0.2, 0.25) is 0 Å². The largest absolute Gasteiger partial charge is 0.488 e. The Morgan fingerprint density at radius 3 is 2.62 bits per heavy atom. The van der Waals surface area contributed by atoms with Crippen molar-refractivity contribution < 1.29 is 9.53 Å². The molecule has 0 aromatic heterocycles. The number of amides is 1. The maximum absolute atomic E-state index is 12.4. The molecular weight excluding hydrogens is 412 g/mol. The number of hydrogen-bond donors (Lipinski definition) is 1. The van der Waals surface area contributed by atoms with Crippen molar-refractivity contribution in [2.45, 2.75) is 20.5 Å². The number of carbonyl (C=O) groups is 1. The van der Waals surface area contributed by atoms with Gasteiger partial charge in [0, 0.05) is 16.6 Å². The van der Waals surface area contributed by atoms with E-state index < -0.39 is 0 Å². The maximum Gasteiger partial charge on any atom is 0.276 e. The first-order valence-corrected chi connectivity index (χ1v) is 9.50. The van der Waals surface area contributed by atoms with Gasteiger partial charge >= 0.3 is 0 Å². The molecule has 0 unspecified atom stereocenters. The van der Waals surface area contributed by atoms with Crippen LogP contribution < -0.4 is 10.1 Å². The van der Waals surface area contributed by atoms with E-state index in [0.717, 1.165) is 15.6 Å². The number of aryl methyl sites for hydroxylation is 1.